The second-order valence-electron chi connectivity index (χ2n) is 4.34. The molecule has 1 aliphatic rings. The van der Waals surface area contributed by atoms with E-state index in [2.05, 4.69) is 13.5 Å². The summed E-state index contributed by atoms with van der Waals surface area (Å²) in [4.78, 5) is 0. The molecule has 0 radical (unpaired) electrons. The van der Waals surface area contributed by atoms with Crippen LogP contribution in [0, 0.1) is 5.92 Å². The minimum absolute atomic E-state index is 0.208. The molecule has 0 saturated heterocycles. The first-order valence-electron chi connectivity index (χ1n) is 5.78. The van der Waals surface area contributed by atoms with Gasteiger partial charge in [-0.1, -0.05) is 26.3 Å². The van der Waals surface area contributed by atoms with Gasteiger partial charge in [0.2, 0.25) is 0 Å². The summed E-state index contributed by atoms with van der Waals surface area (Å²) >= 11 is 1.89. The van der Waals surface area contributed by atoms with Gasteiger partial charge in [-0.15, -0.1) is 0 Å². The van der Waals surface area contributed by atoms with Crippen molar-refractivity contribution in [1.29, 1.82) is 0 Å². The van der Waals surface area contributed by atoms with Gasteiger partial charge in [0.25, 0.3) is 0 Å². The van der Waals surface area contributed by atoms with Gasteiger partial charge in [0.15, 0.2) is 0 Å². The molecule has 3 atom stereocenters. The number of rotatable bonds is 6. The van der Waals surface area contributed by atoms with Gasteiger partial charge in [-0.3, -0.25) is 0 Å². The first-order chi connectivity index (χ1) is 7.16. The molecule has 15 heavy (non-hydrogen) atoms. The van der Waals surface area contributed by atoms with Crippen LogP contribution in [-0.2, 0) is 0 Å². The summed E-state index contributed by atoms with van der Waals surface area (Å²) in [5, 5.41) is 19.2. The predicted molar refractivity (Wildman–Crippen MR) is 66.1 cm³/mol. The molecule has 2 nitrogen and oxygen atoms in total. The maximum Gasteiger partial charge on any atom is 0.101 e. The highest BCUT2D eigenvalue weighted by Gasteiger charge is 2.35. The van der Waals surface area contributed by atoms with Gasteiger partial charge in [0, 0.05) is 5.92 Å². The lowest BCUT2D eigenvalue weighted by Gasteiger charge is -2.15. The SMILES string of the molecule is C=C1C[C@H](CSCCCCC)C(O)C1O. The van der Waals surface area contributed by atoms with Gasteiger partial charge in [-0.05, 0) is 29.9 Å². The van der Waals surface area contributed by atoms with Crippen molar-refractivity contribution >= 4 is 11.8 Å². The van der Waals surface area contributed by atoms with E-state index in [9.17, 15) is 10.2 Å². The van der Waals surface area contributed by atoms with Crippen molar-refractivity contribution in [3.8, 4) is 0 Å². The quantitative estimate of drug-likeness (QED) is 0.543. The smallest absolute Gasteiger partial charge is 0.101 e. The summed E-state index contributed by atoms with van der Waals surface area (Å²) in [6.07, 6.45) is 3.30. The minimum atomic E-state index is -0.689. The van der Waals surface area contributed by atoms with Crippen molar-refractivity contribution in [1.82, 2.24) is 0 Å². The Morgan fingerprint density at radius 1 is 1.40 bits per heavy atom. The number of hydrogen-bond acceptors (Lipinski definition) is 3. The zero-order valence-electron chi connectivity index (χ0n) is 9.48. The molecule has 2 unspecified atom stereocenters. The Morgan fingerprint density at radius 3 is 2.67 bits per heavy atom. The molecule has 3 heteroatoms. The molecule has 0 aliphatic heterocycles. The molecule has 0 aromatic heterocycles. The van der Waals surface area contributed by atoms with Crippen LogP contribution >= 0.6 is 11.8 Å². The van der Waals surface area contributed by atoms with E-state index in [0.29, 0.717) is 0 Å². The lowest BCUT2D eigenvalue weighted by molar-refractivity contribution is 0.0378. The second-order valence-corrected chi connectivity index (χ2v) is 5.49. The van der Waals surface area contributed by atoms with Gasteiger partial charge in [0.05, 0.1) is 6.10 Å². The van der Waals surface area contributed by atoms with Crippen LogP contribution in [0.3, 0.4) is 0 Å². The Kier molecular flexibility index (Phi) is 5.72. The van der Waals surface area contributed by atoms with Crippen LogP contribution in [0.25, 0.3) is 0 Å². The van der Waals surface area contributed by atoms with Crippen molar-refractivity contribution in [2.24, 2.45) is 5.92 Å². The van der Waals surface area contributed by atoms with Gasteiger partial charge in [0.1, 0.15) is 6.10 Å². The summed E-state index contributed by atoms with van der Waals surface area (Å²) in [7, 11) is 0. The molecule has 88 valence electrons. The maximum atomic E-state index is 9.71. The van der Waals surface area contributed by atoms with E-state index in [4.69, 9.17) is 0 Å². The lowest BCUT2D eigenvalue weighted by Crippen LogP contribution is -2.26. The highest BCUT2D eigenvalue weighted by molar-refractivity contribution is 7.99. The third kappa shape index (κ3) is 3.82. The van der Waals surface area contributed by atoms with Crippen LogP contribution < -0.4 is 0 Å². The Bertz CT molecular complexity index is 206. The molecule has 1 saturated carbocycles. The summed E-state index contributed by atoms with van der Waals surface area (Å²) in [6, 6.07) is 0. The summed E-state index contributed by atoms with van der Waals surface area (Å²) in [5.41, 5.74) is 0.793. The summed E-state index contributed by atoms with van der Waals surface area (Å²) in [6.45, 7) is 5.97. The van der Waals surface area contributed by atoms with Crippen molar-refractivity contribution < 1.29 is 10.2 Å². The minimum Gasteiger partial charge on any atom is -0.390 e. The molecule has 1 rings (SSSR count). The molecule has 1 aliphatic carbocycles. The molecule has 0 amide bonds. The molecule has 0 aromatic rings. The Labute approximate surface area is 96.8 Å². The number of hydrogen-bond donors (Lipinski definition) is 2. The van der Waals surface area contributed by atoms with E-state index < -0.39 is 12.2 Å². The molecule has 2 N–H and O–H groups in total. The largest absolute Gasteiger partial charge is 0.390 e. The van der Waals surface area contributed by atoms with Crippen molar-refractivity contribution in [3.63, 3.8) is 0 Å². The van der Waals surface area contributed by atoms with Crippen LogP contribution in [0.1, 0.15) is 32.6 Å². The fourth-order valence-electron chi connectivity index (χ4n) is 1.92. The maximum absolute atomic E-state index is 9.71. The average molecular weight is 230 g/mol. The molecule has 1 fully saturated rings. The van der Waals surface area contributed by atoms with E-state index in [1.165, 1.54) is 25.0 Å². The van der Waals surface area contributed by atoms with Crippen LogP contribution in [0.15, 0.2) is 12.2 Å². The van der Waals surface area contributed by atoms with Crippen molar-refractivity contribution in [2.45, 2.75) is 44.8 Å². The van der Waals surface area contributed by atoms with Gasteiger partial charge < -0.3 is 10.2 Å². The first kappa shape index (κ1) is 13.1. The van der Waals surface area contributed by atoms with E-state index in [1.807, 2.05) is 11.8 Å². The zero-order valence-corrected chi connectivity index (χ0v) is 10.3. The second kappa shape index (κ2) is 6.56. The highest BCUT2D eigenvalue weighted by Crippen LogP contribution is 2.32. The van der Waals surface area contributed by atoms with E-state index >= 15 is 0 Å². The van der Waals surface area contributed by atoms with E-state index in [1.54, 1.807) is 0 Å². The van der Waals surface area contributed by atoms with Crippen LogP contribution in [0.4, 0.5) is 0 Å². The normalized spacial score (nSPS) is 31.1. The van der Waals surface area contributed by atoms with E-state index in [-0.39, 0.29) is 5.92 Å². The standard InChI is InChI=1S/C12H22O2S/c1-3-4-5-6-15-8-10-7-9(2)11(13)12(10)14/h10-14H,2-8H2,1H3/t10-,11?,12?/m1/s1. The molecule has 0 bridgehead atoms. The molecule has 0 aromatic carbocycles. The van der Waals surface area contributed by atoms with Gasteiger partial charge in [-0.25, -0.2) is 0 Å². The molecule has 0 spiro atoms. The first-order valence-corrected chi connectivity index (χ1v) is 6.93. The fraction of sp³-hybridized carbons (Fsp3) is 0.833. The van der Waals surface area contributed by atoms with Crippen LogP contribution in [0.2, 0.25) is 0 Å². The number of thioether (sulfide) groups is 1. The Hall–Kier alpha value is 0.01000. The fourth-order valence-corrected chi connectivity index (χ4v) is 3.12. The van der Waals surface area contributed by atoms with Crippen LogP contribution in [0.5, 0.6) is 0 Å². The third-order valence-electron chi connectivity index (χ3n) is 2.97. The number of aliphatic hydroxyl groups excluding tert-OH is 2. The van der Waals surface area contributed by atoms with Crippen LogP contribution in [-0.4, -0.2) is 33.9 Å². The topological polar surface area (TPSA) is 40.5 Å². The molecule has 0 heterocycles. The predicted octanol–water partition coefficient (Wildman–Crippen LogP) is 2.21. The average Bonchev–Trinajstić information content (AvgIpc) is 2.46. The highest BCUT2D eigenvalue weighted by atomic mass is 32.2. The summed E-state index contributed by atoms with van der Waals surface area (Å²) in [5.74, 6) is 2.32. The molecular weight excluding hydrogens is 208 g/mol. The number of unbranched alkanes of at least 4 members (excludes halogenated alkanes) is 2. The zero-order chi connectivity index (χ0) is 11.3. The van der Waals surface area contributed by atoms with Gasteiger partial charge in [-0.2, -0.15) is 11.8 Å². The van der Waals surface area contributed by atoms with Gasteiger partial charge >= 0.3 is 0 Å². The molecular formula is C12H22O2S. The Balaban J connectivity index is 2.14. The Morgan fingerprint density at radius 2 is 2.13 bits per heavy atom. The summed E-state index contributed by atoms with van der Waals surface area (Å²) < 4.78 is 0. The monoisotopic (exact) mass is 230 g/mol. The van der Waals surface area contributed by atoms with E-state index in [0.717, 1.165) is 17.7 Å². The number of aliphatic hydroxyl groups is 2. The van der Waals surface area contributed by atoms with Crippen molar-refractivity contribution in [3.05, 3.63) is 12.2 Å². The lowest BCUT2D eigenvalue weighted by atomic mass is 10.1. The third-order valence-corrected chi connectivity index (χ3v) is 4.21. The van der Waals surface area contributed by atoms with Crippen molar-refractivity contribution in [2.75, 3.05) is 11.5 Å².